The molecular formula is C16H24IN. The lowest BCUT2D eigenvalue weighted by atomic mass is 9.54. The number of benzene rings is 1. The van der Waals surface area contributed by atoms with Crippen LogP contribution in [0.2, 0.25) is 0 Å². The van der Waals surface area contributed by atoms with Crippen LogP contribution >= 0.6 is 22.6 Å². The minimum atomic E-state index is 0.427. The van der Waals surface area contributed by atoms with Gasteiger partial charge in [-0.15, -0.1) is 0 Å². The second-order valence-corrected chi connectivity index (χ2v) is 6.84. The summed E-state index contributed by atoms with van der Waals surface area (Å²) in [5.41, 5.74) is 1.98. The van der Waals surface area contributed by atoms with E-state index in [1.54, 1.807) is 5.56 Å². The summed E-state index contributed by atoms with van der Waals surface area (Å²) in [6, 6.07) is 9.57. The molecule has 0 amide bonds. The van der Waals surface area contributed by atoms with Crippen molar-refractivity contribution in [2.75, 3.05) is 6.54 Å². The van der Waals surface area contributed by atoms with Gasteiger partial charge in [0.1, 0.15) is 0 Å². The van der Waals surface area contributed by atoms with Crippen LogP contribution in [0.15, 0.2) is 24.3 Å². The topological polar surface area (TPSA) is 12.0 Å². The fourth-order valence-electron chi connectivity index (χ4n) is 3.22. The molecule has 18 heavy (non-hydrogen) atoms. The normalized spacial score (nSPS) is 31.1. The number of hydrogen-bond donors (Lipinski definition) is 1. The van der Waals surface area contributed by atoms with Gasteiger partial charge in [-0.2, -0.15) is 0 Å². The predicted octanol–water partition coefficient (Wildman–Crippen LogP) is 4.56. The van der Waals surface area contributed by atoms with Crippen molar-refractivity contribution in [3.63, 3.8) is 0 Å². The maximum Gasteiger partial charge on any atom is 0.0165 e. The van der Waals surface area contributed by atoms with E-state index < -0.39 is 0 Å². The van der Waals surface area contributed by atoms with E-state index >= 15 is 0 Å². The third-order valence-electron chi connectivity index (χ3n) is 4.75. The van der Waals surface area contributed by atoms with Crippen LogP contribution in [0, 0.1) is 8.99 Å². The third kappa shape index (κ3) is 2.46. The molecule has 1 fully saturated rings. The van der Waals surface area contributed by atoms with Crippen molar-refractivity contribution in [3.05, 3.63) is 33.4 Å². The summed E-state index contributed by atoms with van der Waals surface area (Å²) < 4.78 is 1.42. The smallest absolute Gasteiger partial charge is 0.0165 e. The molecule has 2 rings (SSSR count). The Morgan fingerprint density at radius 1 is 1.33 bits per heavy atom. The molecule has 1 aromatic rings. The summed E-state index contributed by atoms with van der Waals surface area (Å²) in [6.07, 6.45) is 3.78. The minimum Gasteiger partial charge on any atom is -0.313 e. The Morgan fingerprint density at radius 3 is 2.67 bits per heavy atom. The molecule has 100 valence electrons. The molecule has 0 saturated heterocycles. The van der Waals surface area contributed by atoms with Gasteiger partial charge in [0.05, 0.1) is 0 Å². The highest BCUT2D eigenvalue weighted by Gasteiger charge is 2.50. The quantitative estimate of drug-likeness (QED) is 0.762. The first-order valence-corrected chi connectivity index (χ1v) is 8.19. The standard InChI is InChI=1S/C16H24IN/c1-4-10-18-15-11-13(16(15,3)5-2)12-8-6-7-9-14(12)17/h6-9,13,15,18H,4-5,10-11H2,1-3H3. The molecule has 0 bridgehead atoms. The summed E-state index contributed by atoms with van der Waals surface area (Å²) in [4.78, 5) is 0. The monoisotopic (exact) mass is 357 g/mol. The summed E-state index contributed by atoms with van der Waals surface area (Å²) in [7, 11) is 0. The Labute approximate surface area is 125 Å². The van der Waals surface area contributed by atoms with Gasteiger partial charge in [-0.1, -0.05) is 39.0 Å². The second kappa shape index (κ2) is 5.91. The van der Waals surface area contributed by atoms with Gasteiger partial charge in [-0.05, 0) is 71.4 Å². The summed E-state index contributed by atoms with van der Waals surface area (Å²) >= 11 is 2.48. The minimum absolute atomic E-state index is 0.427. The van der Waals surface area contributed by atoms with Crippen LogP contribution in [0.25, 0.3) is 0 Å². The van der Waals surface area contributed by atoms with Crippen molar-refractivity contribution in [2.45, 2.75) is 52.0 Å². The van der Waals surface area contributed by atoms with Crippen molar-refractivity contribution in [1.29, 1.82) is 0 Å². The van der Waals surface area contributed by atoms with Gasteiger partial charge in [0.2, 0.25) is 0 Å². The lowest BCUT2D eigenvalue weighted by Gasteiger charge is -2.55. The van der Waals surface area contributed by atoms with E-state index in [1.807, 2.05) is 0 Å². The van der Waals surface area contributed by atoms with Crippen molar-refractivity contribution >= 4 is 22.6 Å². The number of halogens is 1. The molecule has 1 aromatic carbocycles. The predicted molar refractivity (Wildman–Crippen MR) is 87.0 cm³/mol. The van der Waals surface area contributed by atoms with E-state index in [0.717, 1.165) is 12.5 Å². The zero-order valence-corrected chi connectivity index (χ0v) is 13.8. The highest BCUT2D eigenvalue weighted by atomic mass is 127. The summed E-state index contributed by atoms with van der Waals surface area (Å²) in [5.74, 6) is 0.727. The van der Waals surface area contributed by atoms with Gasteiger partial charge in [-0.3, -0.25) is 0 Å². The molecule has 1 aliphatic carbocycles. The summed E-state index contributed by atoms with van der Waals surface area (Å²) in [5, 5.41) is 3.73. The fourth-order valence-corrected chi connectivity index (χ4v) is 3.99. The zero-order valence-electron chi connectivity index (χ0n) is 11.7. The van der Waals surface area contributed by atoms with Crippen LogP contribution in [-0.4, -0.2) is 12.6 Å². The van der Waals surface area contributed by atoms with Crippen LogP contribution in [-0.2, 0) is 0 Å². The van der Waals surface area contributed by atoms with Crippen molar-refractivity contribution in [1.82, 2.24) is 5.32 Å². The average Bonchev–Trinajstić information content (AvgIpc) is 2.38. The van der Waals surface area contributed by atoms with Gasteiger partial charge < -0.3 is 5.32 Å². The lowest BCUT2D eigenvalue weighted by molar-refractivity contribution is 0.0441. The average molecular weight is 357 g/mol. The first-order valence-electron chi connectivity index (χ1n) is 7.11. The SMILES string of the molecule is CCCNC1CC(c2ccccc2I)C1(C)CC. The molecular weight excluding hydrogens is 333 g/mol. The van der Waals surface area contributed by atoms with Crippen molar-refractivity contribution in [3.8, 4) is 0 Å². The van der Waals surface area contributed by atoms with Gasteiger partial charge in [0.15, 0.2) is 0 Å². The van der Waals surface area contributed by atoms with Crippen LogP contribution < -0.4 is 5.32 Å². The summed E-state index contributed by atoms with van der Waals surface area (Å²) in [6.45, 7) is 8.19. The van der Waals surface area contributed by atoms with E-state index in [9.17, 15) is 0 Å². The molecule has 0 radical (unpaired) electrons. The van der Waals surface area contributed by atoms with Crippen molar-refractivity contribution < 1.29 is 0 Å². The Balaban J connectivity index is 2.15. The van der Waals surface area contributed by atoms with Gasteiger partial charge in [0.25, 0.3) is 0 Å². The molecule has 0 spiro atoms. The third-order valence-corrected chi connectivity index (χ3v) is 5.73. The van der Waals surface area contributed by atoms with E-state index in [-0.39, 0.29) is 0 Å². The molecule has 1 aliphatic rings. The van der Waals surface area contributed by atoms with Crippen LogP contribution in [0.4, 0.5) is 0 Å². The van der Waals surface area contributed by atoms with Crippen LogP contribution in [0.5, 0.6) is 0 Å². The molecule has 0 heterocycles. The Hall–Kier alpha value is -0.0900. The van der Waals surface area contributed by atoms with E-state index in [1.165, 1.54) is 22.8 Å². The van der Waals surface area contributed by atoms with Crippen molar-refractivity contribution in [2.24, 2.45) is 5.41 Å². The van der Waals surface area contributed by atoms with E-state index in [0.29, 0.717) is 11.5 Å². The number of nitrogens with one attached hydrogen (secondary N) is 1. The molecule has 3 atom stereocenters. The van der Waals surface area contributed by atoms with Crippen LogP contribution in [0.3, 0.4) is 0 Å². The zero-order chi connectivity index (χ0) is 13.2. The van der Waals surface area contributed by atoms with E-state index in [4.69, 9.17) is 0 Å². The van der Waals surface area contributed by atoms with Crippen LogP contribution in [0.1, 0.15) is 51.5 Å². The van der Waals surface area contributed by atoms with E-state index in [2.05, 4.69) is 72.9 Å². The molecule has 1 nitrogen and oxygen atoms in total. The highest BCUT2D eigenvalue weighted by Crippen LogP contribution is 2.55. The lowest BCUT2D eigenvalue weighted by Crippen LogP contribution is -2.57. The largest absolute Gasteiger partial charge is 0.313 e. The molecule has 3 unspecified atom stereocenters. The molecule has 2 heteroatoms. The maximum absolute atomic E-state index is 3.73. The Kier molecular flexibility index (Phi) is 4.70. The first-order chi connectivity index (χ1) is 8.63. The molecule has 1 saturated carbocycles. The second-order valence-electron chi connectivity index (χ2n) is 5.68. The molecule has 0 aromatic heterocycles. The Morgan fingerprint density at radius 2 is 2.06 bits per heavy atom. The van der Waals surface area contributed by atoms with Gasteiger partial charge >= 0.3 is 0 Å². The number of rotatable bonds is 5. The molecule has 1 N–H and O–H groups in total. The number of hydrogen-bond acceptors (Lipinski definition) is 1. The van der Waals surface area contributed by atoms with Gasteiger partial charge in [-0.25, -0.2) is 0 Å². The maximum atomic E-state index is 3.73. The molecule has 0 aliphatic heterocycles. The van der Waals surface area contributed by atoms with Gasteiger partial charge in [0, 0.05) is 9.61 Å². The first kappa shape index (κ1) is 14.3. The Bertz CT molecular complexity index is 404. The highest BCUT2D eigenvalue weighted by molar-refractivity contribution is 14.1. The fraction of sp³-hybridized carbons (Fsp3) is 0.625.